The molecule has 0 aromatic carbocycles. The summed E-state index contributed by atoms with van der Waals surface area (Å²) in [6, 6.07) is 0. The van der Waals surface area contributed by atoms with Crippen LogP contribution in [0.4, 0.5) is 0 Å². The van der Waals surface area contributed by atoms with Gasteiger partial charge in [-0.15, -0.1) is 0 Å². The van der Waals surface area contributed by atoms with E-state index in [1.807, 2.05) is 0 Å². The average Bonchev–Trinajstić information content (AvgIpc) is 2.90. The van der Waals surface area contributed by atoms with Gasteiger partial charge in [-0.3, -0.25) is 13.6 Å². The monoisotopic (exact) mass is 564 g/mol. The summed E-state index contributed by atoms with van der Waals surface area (Å²) < 4.78 is 30.4. The lowest BCUT2D eigenvalue weighted by atomic mass is 10.1. The van der Waals surface area contributed by atoms with Crippen LogP contribution in [0.1, 0.15) is 188 Å². The van der Waals surface area contributed by atoms with Crippen LogP contribution < -0.4 is 6.15 Å². The lowest BCUT2D eigenvalue weighted by Gasteiger charge is -2.18. The zero-order valence-corrected chi connectivity index (χ0v) is 27.2. The number of rotatable bonds is 32. The first-order valence-electron chi connectivity index (χ1n) is 16.7. The van der Waals surface area contributed by atoms with Gasteiger partial charge < -0.3 is 6.15 Å². The molecule has 0 aliphatic rings. The fraction of sp³-hybridized carbons (Fsp3) is 1.00. The molecule has 0 spiro atoms. The minimum atomic E-state index is -3.43. The Balaban J connectivity index is 0. The second-order valence-corrected chi connectivity index (χ2v) is 12.7. The smallest absolute Gasteiger partial charge is 0.344 e. The summed E-state index contributed by atoms with van der Waals surface area (Å²) in [5, 5.41) is 0. The topological polar surface area (TPSA) is 79.8 Å². The molecular weight excluding hydrogens is 493 g/mol. The van der Waals surface area contributed by atoms with Gasteiger partial charge in [0, 0.05) is 0 Å². The second kappa shape index (κ2) is 33.3. The van der Waals surface area contributed by atoms with Crippen LogP contribution in [0.2, 0.25) is 0 Å². The normalized spacial score (nSPS) is 11.7. The Morgan fingerprint density at radius 2 is 0.526 bits per heavy atom. The van der Waals surface area contributed by atoms with Crippen molar-refractivity contribution >= 4 is 7.82 Å². The van der Waals surface area contributed by atoms with E-state index in [9.17, 15) is 4.57 Å². The average molecular weight is 564 g/mol. The van der Waals surface area contributed by atoms with Crippen molar-refractivity contribution in [2.75, 3.05) is 19.8 Å². The highest BCUT2D eigenvalue weighted by atomic mass is 31.2. The largest absolute Gasteiger partial charge is 0.474 e. The highest BCUT2D eigenvalue weighted by molar-refractivity contribution is 7.48. The van der Waals surface area contributed by atoms with E-state index in [2.05, 4.69) is 20.8 Å². The molecule has 0 aliphatic carbocycles. The molecule has 0 atom stereocenters. The van der Waals surface area contributed by atoms with Crippen molar-refractivity contribution in [1.82, 2.24) is 6.15 Å². The minimum Gasteiger partial charge on any atom is -0.344 e. The molecule has 0 saturated heterocycles. The third kappa shape index (κ3) is 30.6. The van der Waals surface area contributed by atoms with Gasteiger partial charge in [-0.1, -0.05) is 168 Å². The summed E-state index contributed by atoms with van der Waals surface area (Å²) in [6.07, 6.45) is 32.6. The van der Waals surface area contributed by atoms with E-state index in [0.29, 0.717) is 19.8 Å². The van der Waals surface area contributed by atoms with Crippen LogP contribution in [0.25, 0.3) is 0 Å². The molecule has 0 bridgehead atoms. The van der Waals surface area contributed by atoms with Crippen molar-refractivity contribution in [2.45, 2.75) is 188 Å². The van der Waals surface area contributed by atoms with Gasteiger partial charge in [0.2, 0.25) is 0 Å². The van der Waals surface area contributed by atoms with E-state index in [-0.39, 0.29) is 6.15 Å². The van der Waals surface area contributed by atoms with Gasteiger partial charge in [-0.05, 0) is 19.3 Å². The first-order chi connectivity index (χ1) is 18.2. The number of phosphoric acid groups is 1. The predicted octanol–water partition coefficient (Wildman–Crippen LogP) is 12.5. The van der Waals surface area contributed by atoms with Gasteiger partial charge in [0.15, 0.2) is 0 Å². The molecule has 0 aromatic rings. The Morgan fingerprint density at radius 1 is 0.342 bits per heavy atom. The Bertz CT molecular complexity index is 448. The molecule has 0 radical (unpaired) electrons. The van der Waals surface area contributed by atoms with Gasteiger partial charge in [0.25, 0.3) is 0 Å². The summed E-state index contributed by atoms with van der Waals surface area (Å²) in [4.78, 5) is 0. The Morgan fingerprint density at radius 3 is 0.737 bits per heavy atom. The van der Waals surface area contributed by atoms with Crippen LogP contribution in [0.5, 0.6) is 0 Å². The second-order valence-electron chi connectivity index (χ2n) is 11.1. The lowest BCUT2D eigenvalue weighted by Crippen LogP contribution is -2.04. The molecule has 0 rings (SSSR count). The predicted molar refractivity (Wildman–Crippen MR) is 168 cm³/mol. The summed E-state index contributed by atoms with van der Waals surface area (Å²) in [6.45, 7) is 8.19. The molecule has 5 nitrogen and oxygen atoms in total. The fourth-order valence-corrected chi connectivity index (χ4v) is 5.98. The molecule has 0 fully saturated rings. The van der Waals surface area contributed by atoms with E-state index in [1.165, 1.54) is 128 Å². The van der Waals surface area contributed by atoms with Crippen LogP contribution in [-0.2, 0) is 18.1 Å². The minimum absolute atomic E-state index is 0. The molecule has 0 amide bonds. The van der Waals surface area contributed by atoms with Gasteiger partial charge in [0.1, 0.15) is 0 Å². The molecule has 0 saturated carbocycles. The first kappa shape index (κ1) is 40.2. The maximum atomic E-state index is 13.2. The Labute approximate surface area is 239 Å². The number of hydrogen-bond donors (Lipinski definition) is 1. The highest BCUT2D eigenvalue weighted by Gasteiger charge is 2.26. The van der Waals surface area contributed by atoms with Gasteiger partial charge in [-0.2, -0.15) is 0 Å². The zero-order valence-electron chi connectivity index (χ0n) is 26.3. The summed E-state index contributed by atoms with van der Waals surface area (Å²) in [5.74, 6) is 0. The quantitative estimate of drug-likeness (QED) is 0.0650. The molecule has 38 heavy (non-hydrogen) atoms. The molecule has 0 unspecified atom stereocenters. The molecule has 232 valence electrons. The van der Waals surface area contributed by atoms with E-state index < -0.39 is 7.82 Å². The molecule has 0 heterocycles. The maximum Gasteiger partial charge on any atom is 0.474 e. The summed E-state index contributed by atoms with van der Waals surface area (Å²) in [5.41, 5.74) is 0. The summed E-state index contributed by atoms with van der Waals surface area (Å²) >= 11 is 0. The first-order valence-corrected chi connectivity index (χ1v) is 18.2. The van der Waals surface area contributed by atoms with Gasteiger partial charge >= 0.3 is 7.82 Å². The van der Waals surface area contributed by atoms with Crippen molar-refractivity contribution in [3.63, 3.8) is 0 Å². The van der Waals surface area contributed by atoms with Crippen molar-refractivity contribution in [3.05, 3.63) is 0 Å². The van der Waals surface area contributed by atoms with Crippen LogP contribution in [0, 0.1) is 0 Å². The van der Waals surface area contributed by atoms with E-state index in [1.54, 1.807) is 0 Å². The van der Waals surface area contributed by atoms with Crippen LogP contribution in [0.15, 0.2) is 0 Å². The SMILES string of the molecule is CCCCCCCCCCCCOP(=O)(OCCCCCCCC)OCCCCCCCCCCCC.N. The molecular formula is C32H70NO4P. The van der Waals surface area contributed by atoms with Crippen molar-refractivity contribution in [2.24, 2.45) is 0 Å². The van der Waals surface area contributed by atoms with Crippen molar-refractivity contribution in [1.29, 1.82) is 0 Å². The van der Waals surface area contributed by atoms with Crippen molar-refractivity contribution < 1.29 is 18.1 Å². The molecule has 0 aliphatic heterocycles. The zero-order chi connectivity index (χ0) is 27.1. The maximum absolute atomic E-state index is 13.2. The standard InChI is InChI=1S/C32H67O4P.H3N/c1-4-7-10-13-16-18-20-22-25-28-31-35-37(33,34-30-27-24-15-12-9-6-3)36-32-29-26-23-21-19-17-14-11-8-5-2;/h4-32H2,1-3H3;1H3. The number of phosphoric ester groups is 1. The summed E-state index contributed by atoms with van der Waals surface area (Å²) in [7, 11) is -3.43. The molecule has 0 aromatic heterocycles. The fourth-order valence-electron chi connectivity index (χ4n) is 4.70. The van der Waals surface area contributed by atoms with E-state index in [0.717, 1.165) is 38.5 Å². The number of hydrogen-bond acceptors (Lipinski definition) is 5. The van der Waals surface area contributed by atoms with Gasteiger partial charge in [0.05, 0.1) is 19.8 Å². The lowest BCUT2D eigenvalue weighted by molar-refractivity contribution is 0.108. The van der Waals surface area contributed by atoms with Crippen LogP contribution >= 0.6 is 7.82 Å². The van der Waals surface area contributed by atoms with Crippen LogP contribution in [0.3, 0.4) is 0 Å². The molecule has 3 N–H and O–H groups in total. The Kier molecular flexibility index (Phi) is 35.2. The third-order valence-electron chi connectivity index (χ3n) is 7.24. The number of unbranched alkanes of at least 4 members (excludes halogenated alkanes) is 23. The molecule has 6 heteroatoms. The van der Waals surface area contributed by atoms with E-state index in [4.69, 9.17) is 13.6 Å². The van der Waals surface area contributed by atoms with Crippen molar-refractivity contribution in [3.8, 4) is 0 Å². The van der Waals surface area contributed by atoms with E-state index >= 15 is 0 Å². The Hall–Kier alpha value is 0.0700. The van der Waals surface area contributed by atoms with Gasteiger partial charge in [-0.25, -0.2) is 4.57 Å². The highest BCUT2D eigenvalue weighted by Crippen LogP contribution is 2.50. The van der Waals surface area contributed by atoms with Crippen LogP contribution in [-0.4, -0.2) is 19.8 Å². The third-order valence-corrected chi connectivity index (χ3v) is 8.74.